The van der Waals surface area contributed by atoms with Gasteiger partial charge in [0.05, 0.1) is 12.7 Å². The third kappa shape index (κ3) is 5.54. The Labute approximate surface area is 178 Å². The van der Waals surface area contributed by atoms with E-state index in [2.05, 4.69) is 20.9 Å². The lowest BCUT2D eigenvalue weighted by Gasteiger charge is -2.09. The summed E-state index contributed by atoms with van der Waals surface area (Å²) < 4.78 is 4.62. The fourth-order valence-corrected chi connectivity index (χ4v) is 2.66. The maximum atomic E-state index is 12.3. The van der Waals surface area contributed by atoms with E-state index < -0.39 is 17.8 Å². The van der Waals surface area contributed by atoms with E-state index in [0.717, 1.165) is 0 Å². The van der Waals surface area contributed by atoms with Gasteiger partial charge in [-0.15, -0.1) is 0 Å². The quantitative estimate of drug-likeness (QED) is 0.436. The molecule has 0 aliphatic heterocycles. The van der Waals surface area contributed by atoms with Crippen molar-refractivity contribution in [1.82, 2.24) is 10.9 Å². The Balaban J connectivity index is 1.57. The van der Waals surface area contributed by atoms with Gasteiger partial charge in [0.25, 0.3) is 17.7 Å². The third-order valence-electron chi connectivity index (χ3n) is 4.28. The van der Waals surface area contributed by atoms with Crippen LogP contribution in [-0.4, -0.2) is 30.8 Å². The van der Waals surface area contributed by atoms with Gasteiger partial charge < -0.3 is 10.1 Å². The van der Waals surface area contributed by atoms with Crippen LogP contribution in [0, 0.1) is 0 Å². The molecule has 0 saturated carbocycles. The van der Waals surface area contributed by atoms with Gasteiger partial charge in [0, 0.05) is 22.4 Å². The molecule has 0 radical (unpaired) electrons. The Kier molecular flexibility index (Phi) is 6.74. The van der Waals surface area contributed by atoms with Crippen molar-refractivity contribution < 1.29 is 23.9 Å². The molecule has 8 nitrogen and oxygen atoms in total. The van der Waals surface area contributed by atoms with Crippen LogP contribution < -0.4 is 16.2 Å². The van der Waals surface area contributed by atoms with Crippen molar-refractivity contribution in [3.05, 3.63) is 101 Å². The number of hydrogen-bond donors (Lipinski definition) is 3. The zero-order chi connectivity index (χ0) is 22.2. The number of hydrazine groups is 1. The molecular weight excluding hydrogens is 398 g/mol. The average Bonchev–Trinajstić information content (AvgIpc) is 2.82. The number of amides is 3. The van der Waals surface area contributed by atoms with Crippen LogP contribution in [0.15, 0.2) is 78.9 Å². The Hall–Kier alpha value is -4.46. The molecule has 3 aromatic carbocycles. The lowest BCUT2D eigenvalue weighted by atomic mass is 10.1. The number of ether oxygens (including phenoxy) is 1. The summed E-state index contributed by atoms with van der Waals surface area (Å²) in [6.07, 6.45) is 0. The topological polar surface area (TPSA) is 114 Å². The first-order chi connectivity index (χ1) is 15.0. The molecule has 0 unspecified atom stereocenters. The Morgan fingerprint density at radius 3 is 1.81 bits per heavy atom. The smallest absolute Gasteiger partial charge is 0.337 e. The number of anilines is 1. The maximum absolute atomic E-state index is 12.3. The van der Waals surface area contributed by atoms with Crippen molar-refractivity contribution >= 4 is 29.4 Å². The number of methoxy groups -OCH3 is 1. The standard InChI is InChI=1S/C23H19N3O5/c1-31-23(30)18-9-5-8-17(14-18)22(29)26-25-21(28)16-10-12-19(13-11-16)24-20(27)15-6-3-2-4-7-15/h2-14H,1H3,(H,24,27)(H,25,28)(H,26,29). The summed E-state index contributed by atoms with van der Waals surface area (Å²) in [5.41, 5.74) is 6.31. The Bertz CT molecular complexity index is 1110. The minimum Gasteiger partial charge on any atom is -0.465 e. The van der Waals surface area contributed by atoms with Crippen molar-refractivity contribution in [2.75, 3.05) is 12.4 Å². The molecule has 0 fully saturated rings. The SMILES string of the molecule is COC(=O)c1cccc(C(=O)NNC(=O)c2ccc(NC(=O)c3ccccc3)cc2)c1. The first kappa shape index (κ1) is 21.3. The van der Waals surface area contributed by atoms with Gasteiger partial charge in [-0.25, -0.2) is 4.79 Å². The van der Waals surface area contributed by atoms with Gasteiger partial charge >= 0.3 is 5.97 Å². The summed E-state index contributed by atoms with van der Waals surface area (Å²) >= 11 is 0. The zero-order valence-electron chi connectivity index (χ0n) is 16.5. The van der Waals surface area contributed by atoms with E-state index in [0.29, 0.717) is 11.3 Å². The van der Waals surface area contributed by atoms with Crippen LogP contribution in [0.25, 0.3) is 0 Å². The van der Waals surface area contributed by atoms with Crippen LogP contribution in [-0.2, 0) is 4.74 Å². The maximum Gasteiger partial charge on any atom is 0.337 e. The first-order valence-corrected chi connectivity index (χ1v) is 9.23. The van der Waals surface area contributed by atoms with Crippen LogP contribution in [0.1, 0.15) is 41.4 Å². The number of esters is 1. The molecule has 31 heavy (non-hydrogen) atoms. The van der Waals surface area contributed by atoms with E-state index in [1.807, 2.05) is 6.07 Å². The molecule has 0 aliphatic carbocycles. The second-order valence-electron chi connectivity index (χ2n) is 6.38. The molecule has 0 aliphatic rings. The van der Waals surface area contributed by atoms with Crippen molar-refractivity contribution in [2.24, 2.45) is 0 Å². The highest BCUT2D eigenvalue weighted by atomic mass is 16.5. The number of hydrogen-bond acceptors (Lipinski definition) is 5. The lowest BCUT2D eigenvalue weighted by Crippen LogP contribution is -2.41. The highest BCUT2D eigenvalue weighted by molar-refractivity contribution is 6.05. The molecule has 156 valence electrons. The van der Waals surface area contributed by atoms with Crippen LogP contribution in [0.3, 0.4) is 0 Å². The minimum absolute atomic E-state index is 0.183. The Morgan fingerprint density at radius 2 is 1.16 bits per heavy atom. The lowest BCUT2D eigenvalue weighted by molar-refractivity contribution is 0.0600. The van der Waals surface area contributed by atoms with E-state index >= 15 is 0 Å². The highest BCUT2D eigenvalue weighted by Crippen LogP contribution is 2.12. The van der Waals surface area contributed by atoms with Gasteiger partial charge in [-0.2, -0.15) is 0 Å². The summed E-state index contributed by atoms with van der Waals surface area (Å²) in [5.74, 6) is -1.97. The predicted octanol–water partition coefficient (Wildman–Crippen LogP) is 2.80. The molecule has 3 amide bonds. The monoisotopic (exact) mass is 417 g/mol. The van der Waals surface area contributed by atoms with E-state index in [1.54, 1.807) is 36.4 Å². The molecular formula is C23H19N3O5. The van der Waals surface area contributed by atoms with Gasteiger partial charge in [0.15, 0.2) is 0 Å². The number of nitrogens with one attached hydrogen (secondary N) is 3. The van der Waals surface area contributed by atoms with Crippen molar-refractivity contribution in [3.8, 4) is 0 Å². The van der Waals surface area contributed by atoms with Crippen LogP contribution in [0.5, 0.6) is 0 Å². The highest BCUT2D eigenvalue weighted by Gasteiger charge is 2.12. The predicted molar refractivity (Wildman–Crippen MR) is 114 cm³/mol. The molecule has 0 bridgehead atoms. The van der Waals surface area contributed by atoms with E-state index in [1.165, 1.54) is 43.5 Å². The van der Waals surface area contributed by atoms with Crippen molar-refractivity contribution in [2.45, 2.75) is 0 Å². The molecule has 0 spiro atoms. The van der Waals surface area contributed by atoms with Gasteiger partial charge in [0.1, 0.15) is 0 Å². The minimum atomic E-state index is -0.592. The number of carbonyl (C=O) groups excluding carboxylic acids is 4. The number of benzene rings is 3. The van der Waals surface area contributed by atoms with Crippen molar-refractivity contribution in [1.29, 1.82) is 0 Å². The largest absolute Gasteiger partial charge is 0.465 e. The second-order valence-corrected chi connectivity index (χ2v) is 6.38. The fourth-order valence-electron chi connectivity index (χ4n) is 2.66. The fraction of sp³-hybridized carbons (Fsp3) is 0.0435. The van der Waals surface area contributed by atoms with Gasteiger partial charge in [-0.3, -0.25) is 25.2 Å². The summed E-state index contributed by atoms with van der Waals surface area (Å²) in [5, 5.41) is 2.74. The number of rotatable bonds is 5. The molecule has 0 saturated heterocycles. The van der Waals surface area contributed by atoms with E-state index in [-0.39, 0.29) is 22.6 Å². The summed E-state index contributed by atoms with van der Waals surface area (Å²) in [6.45, 7) is 0. The molecule has 3 N–H and O–H groups in total. The third-order valence-corrected chi connectivity index (χ3v) is 4.28. The van der Waals surface area contributed by atoms with Crippen LogP contribution >= 0.6 is 0 Å². The Morgan fingerprint density at radius 1 is 0.613 bits per heavy atom. The van der Waals surface area contributed by atoms with E-state index in [4.69, 9.17) is 0 Å². The van der Waals surface area contributed by atoms with Crippen molar-refractivity contribution in [3.63, 3.8) is 0 Å². The first-order valence-electron chi connectivity index (χ1n) is 9.23. The van der Waals surface area contributed by atoms with Gasteiger partial charge in [-0.1, -0.05) is 24.3 Å². The average molecular weight is 417 g/mol. The van der Waals surface area contributed by atoms with Gasteiger partial charge in [-0.05, 0) is 54.6 Å². The molecule has 3 aromatic rings. The molecule has 3 rings (SSSR count). The summed E-state index contributed by atoms with van der Waals surface area (Å²) in [4.78, 5) is 48.2. The number of carbonyl (C=O) groups is 4. The summed E-state index contributed by atoms with van der Waals surface area (Å²) in [6, 6.07) is 20.8. The molecule has 8 heteroatoms. The van der Waals surface area contributed by atoms with Crippen LogP contribution in [0.4, 0.5) is 5.69 Å². The van der Waals surface area contributed by atoms with E-state index in [9.17, 15) is 19.2 Å². The normalized spacial score (nSPS) is 9.97. The summed E-state index contributed by atoms with van der Waals surface area (Å²) in [7, 11) is 1.24. The zero-order valence-corrected chi connectivity index (χ0v) is 16.5. The molecule has 0 heterocycles. The van der Waals surface area contributed by atoms with Gasteiger partial charge in [0.2, 0.25) is 0 Å². The molecule has 0 atom stereocenters. The van der Waals surface area contributed by atoms with Crippen LogP contribution in [0.2, 0.25) is 0 Å². The molecule has 0 aromatic heterocycles. The second kappa shape index (κ2) is 9.84.